The van der Waals surface area contributed by atoms with E-state index in [-0.39, 0.29) is 18.7 Å². The molecule has 3 aromatic carbocycles. The van der Waals surface area contributed by atoms with E-state index < -0.39 is 65.4 Å². The summed E-state index contributed by atoms with van der Waals surface area (Å²) in [5.74, 6) is -16.4. The molecule has 0 heterocycles. The van der Waals surface area contributed by atoms with Crippen molar-refractivity contribution < 1.29 is 50.5 Å². The first kappa shape index (κ1) is 27.1. The summed E-state index contributed by atoms with van der Waals surface area (Å²) < 4.78 is 82.6. The lowest BCUT2D eigenvalue weighted by molar-refractivity contribution is -0.145. The number of benzene rings is 3. The van der Waals surface area contributed by atoms with Crippen LogP contribution in [-0.2, 0) is 20.9 Å². The first-order valence-electron chi connectivity index (χ1n) is 10.6. The number of rotatable bonds is 9. The molecule has 0 aromatic heterocycles. The second-order valence-corrected chi connectivity index (χ2v) is 7.36. The van der Waals surface area contributed by atoms with Gasteiger partial charge in [0.1, 0.15) is 6.61 Å². The molecule has 1 N–H and O–H groups in total. The molecular weight excluding hydrogens is 505 g/mol. The van der Waals surface area contributed by atoms with Crippen LogP contribution in [0.2, 0.25) is 0 Å². The molecule has 0 saturated carbocycles. The molecule has 1 amide bonds. The number of hydrogen-bond donors (Lipinski definition) is 1. The smallest absolute Gasteiger partial charge is 0.407 e. The number of ether oxygens (including phenoxy) is 3. The van der Waals surface area contributed by atoms with Crippen molar-refractivity contribution in [3.05, 3.63) is 101 Å². The molecule has 7 nitrogen and oxygen atoms in total. The first-order valence-corrected chi connectivity index (χ1v) is 10.6. The zero-order valence-electron chi connectivity index (χ0n) is 18.8. The number of alkyl carbamates (subject to hydrolysis) is 1. The second kappa shape index (κ2) is 12.5. The Balaban J connectivity index is 1.70. The van der Waals surface area contributed by atoms with Gasteiger partial charge in [-0.2, -0.15) is 8.78 Å². The van der Waals surface area contributed by atoms with Crippen LogP contribution in [0, 0.1) is 29.1 Å². The summed E-state index contributed by atoms with van der Waals surface area (Å²) >= 11 is 0. The van der Waals surface area contributed by atoms with Gasteiger partial charge >= 0.3 is 18.0 Å². The molecule has 0 saturated heterocycles. The fourth-order valence-corrected chi connectivity index (χ4v) is 2.92. The van der Waals surface area contributed by atoms with E-state index in [0.717, 1.165) is 0 Å². The molecule has 3 rings (SSSR count). The summed E-state index contributed by atoms with van der Waals surface area (Å²) in [4.78, 5) is 36.9. The molecule has 0 unspecified atom stereocenters. The molecule has 3 aromatic rings. The van der Waals surface area contributed by atoms with Crippen molar-refractivity contribution in [3.63, 3.8) is 0 Å². The highest BCUT2D eigenvalue weighted by molar-refractivity contribution is 5.91. The quantitative estimate of drug-likeness (QED) is 0.142. The van der Waals surface area contributed by atoms with Crippen LogP contribution in [0.3, 0.4) is 0 Å². The predicted octanol–water partition coefficient (Wildman–Crippen LogP) is 4.83. The lowest BCUT2D eigenvalue weighted by Gasteiger charge is -2.18. The molecule has 0 aliphatic heterocycles. The lowest BCUT2D eigenvalue weighted by atomic mass is 10.2. The second-order valence-electron chi connectivity index (χ2n) is 7.36. The number of carbonyl (C=O) groups is 3. The van der Waals surface area contributed by atoms with E-state index in [4.69, 9.17) is 9.47 Å². The summed E-state index contributed by atoms with van der Waals surface area (Å²) in [7, 11) is 0. The Bertz CT molecular complexity index is 1240. The van der Waals surface area contributed by atoms with Gasteiger partial charge in [-0.05, 0) is 17.7 Å². The van der Waals surface area contributed by atoms with Gasteiger partial charge in [0.25, 0.3) is 0 Å². The summed E-state index contributed by atoms with van der Waals surface area (Å²) in [5.41, 5.74) is 0.686. The Morgan fingerprint density at radius 2 is 1.30 bits per heavy atom. The number of esters is 2. The third kappa shape index (κ3) is 7.03. The highest BCUT2D eigenvalue weighted by atomic mass is 19.2. The standard InChI is InChI=1S/C25H18F5NO6/c26-17-18(27)20(29)22(21(30)19(17)28)37-24(33)16(36-23(32)15-9-5-2-6-10-15)11-12-31-25(34)35-13-14-7-3-1-4-8-14/h1-10,16H,11-13H2,(H,31,34)/t16-/m0/s1. The molecule has 1 atom stereocenters. The van der Waals surface area contributed by atoms with E-state index in [1.807, 2.05) is 0 Å². The summed E-state index contributed by atoms with van der Waals surface area (Å²) in [6.45, 7) is -0.423. The van der Waals surface area contributed by atoms with Crippen LogP contribution in [0.25, 0.3) is 0 Å². The monoisotopic (exact) mass is 523 g/mol. The normalized spacial score (nSPS) is 11.4. The maximum Gasteiger partial charge on any atom is 0.407 e. The number of carbonyl (C=O) groups excluding carboxylic acids is 3. The summed E-state index contributed by atoms with van der Waals surface area (Å²) in [6.07, 6.45) is -3.30. The third-order valence-electron chi connectivity index (χ3n) is 4.78. The number of hydrogen-bond acceptors (Lipinski definition) is 6. The van der Waals surface area contributed by atoms with Crippen molar-refractivity contribution in [2.45, 2.75) is 19.1 Å². The van der Waals surface area contributed by atoms with Crippen molar-refractivity contribution in [2.24, 2.45) is 0 Å². The maximum atomic E-state index is 14.0. The van der Waals surface area contributed by atoms with Gasteiger partial charge in [-0.3, -0.25) is 0 Å². The van der Waals surface area contributed by atoms with Gasteiger partial charge in [0.2, 0.25) is 40.9 Å². The van der Waals surface area contributed by atoms with Crippen molar-refractivity contribution in [2.75, 3.05) is 6.54 Å². The number of amides is 1. The van der Waals surface area contributed by atoms with E-state index in [1.165, 1.54) is 24.3 Å². The average molecular weight is 523 g/mol. The van der Waals surface area contributed by atoms with Crippen molar-refractivity contribution in [1.29, 1.82) is 0 Å². The maximum absolute atomic E-state index is 14.0. The molecule has 0 radical (unpaired) electrons. The van der Waals surface area contributed by atoms with Crippen LogP contribution in [0.15, 0.2) is 60.7 Å². The van der Waals surface area contributed by atoms with Gasteiger partial charge in [-0.1, -0.05) is 48.5 Å². The minimum atomic E-state index is -2.44. The molecular formula is C25H18F5NO6. The Morgan fingerprint density at radius 1 is 0.757 bits per heavy atom. The van der Waals surface area contributed by atoms with Gasteiger partial charge in [0.05, 0.1) is 5.56 Å². The van der Waals surface area contributed by atoms with Crippen LogP contribution in [0.4, 0.5) is 26.7 Å². The Labute approximate surface area is 206 Å². The van der Waals surface area contributed by atoms with E-state index in [0.29, 0.717) is 5.56 Å². The minimum absolute atomic E-state index is 0.00763. The average Bonchev–Trinajstić information content (AvgIpc) is 2.92. The van der Waals surface area contributed by atoms with Crippen LogP contribution in [0.5, 0.6) is 5.75 Å². The fourth-order valence-electron chi connectivity index (χ4n) is 2.92. The van der Waals surface area contributed by atoms with Gasteiger partial charge < -0.3 is 19.5 Å². The zero-order valence-corrected chi connectivity index (χ0v) is 18.8. The van der Waals surface area contributed by atoms with Crippen LogP contribution in [-0.4, -0.2) is 30.7 Å². The first-order chi connectivity index (χ1) is 17.7. The SMILES string of the molecule is O=C(NCC[C@H](OC(=O)c1ccccc1)C(=O)Oc1c(F)c(F)c(F)c(F)c1F)OCc1ccccc1. The molecule has 0 aliphatic rings. The highest BCUT2D eigenvalue weighted by Gasteiger charge is 2.32. The molecule has 12 heteroatoms. The van der Waals surface area contributed by atoms with Gasteiger partial charge in [0.15, 0.2) is 0 Å². The van der Waals surface area contributed by atoms with Gasteiger partial charge in [0, 0.05) is 13.0 Å². The molecule has 194 valence electrons. The van der Waals surface area contributed by atoms with E-state index in [1.54, 1.807) is 36.4 Å². The van der Waals surface area contributed by atoms with Crippen molar-refractivity contribution in [3.8, 4) is 5.75 Å². The summed E-state index contributed by atoms with van der Waals surface area (Å²) in [6, 6.07) is 15.9. The van der Waals surface area contributed by atoms with Crippen LogP contribution < -0.4 is 10.1 Å². The van der Waals surface area contributed by atoms with Gasteiger partial charge in [-0.25, -0.2) is 27.6 Å². The molecule has 37 heavy (non-hydrogen) atoms. The van der Waals surface area contributed by atoms with E-state index >= 15 is 0 Å². The Morgan fingerprint density at radius 3 is 1.89 bits per heavy atom. The molecule has 0 spiro atoms. The Hall–Kier alpha value is -4.48. The number of nitrogens with one attached hydrogen (secondary N) is 1. The molecule has 0 aliphatic carbocycles. The van der Waals surface area contributed by atoms with E-state index in [9.17, 15) is 36.3 Å². The Kier molecular flexibility index (Phi) is 9.14. The largest absolute Gasteiger partial charge is 0.447 e. The predicted molar refractivity (Wildman–Crippen MR) is 117 cm³/mol. The van der Waals surface area contributed by atoms with E-state index in [2.05, 4.69) is 10.1 Å². The summed E-state index contributed by atoms with van der Waals surface area (Å²) in [5, 5.41) is 2.29. The van der Waals surface area contributed by atoms with Crippen LogP contribution in [0.1, 0.15) is 22.3 Å². The molecule has 0 bridgehead atoms. The zero-order chi connectivity index (χ0) is 26.9. The topological polar surface area (TPSA) is 90.9 Å². The lowest BCUT2D eigenvalue weighted by Crippen LogP contribution is -2.36. The number of halogens is 5. The third-order valence-corrected chi connectivity index (χ3v) is 4.78. The highest BCUT2D eigenvalue weighted by Crippen LogP contribution is 2.29. The fraction of sp³-hybridized carbons (Fsp3) is 0.160. The van der Waals surface area contributed by atoms with Crippen molar-refractivity contribution >= 4 is 18.0 Å². The molecule has 0 fully saturated rings. The van der Waals surface area contributed by atoms with Crippen LogP contribution >= 0.6 is 0 Å². The van der Waals surface area contributed by atoms with Crippen molar-refractivity contribution in [1.82, 2.24) is 5.32 Å². The van der Waals surface area contributed by atoms with Gasteiger partial charge in [-0.15, -0.1) is 0 Å². The minimum Gasteiger partial charge on any atom is -0.447 e.